The lowest BCUT2D eigenvalue weighted by Gasteiger charge is -2.34. The number of nitrogens with one attached hydrogen (secondary N) is 1. The number of aliphatic hydroxyl groups is 1. The van der Waals surface area contributed by atoms with Crippen molar-refractivity contribution in [1.29, 1.82) is 0 Å². The quantitative estimate of drug-likeness (QED) is 0.337. The van der Waals surface area contributed by atoms with Gasteiger partial charge in [0.15, 0.2) is 5.82 Å². The summed E-state index contributed by atoms with van der Waals surface area (Å²) in [5, 5.41) is 17.6. The largest absolute Gasteiger partial charge is 0.491 e. The van der Waals surface area contributed by atoms with E-state index in [1.54, 1.807) is 37.1 Å². The molecule has 3 aromatic rings. The number of aliphatic hydroxyl groups excluding tert-OH is 1. The molecule has 1 amide bonds. The maximum absolute atomic E-state index is 12.6. The molecule has 12 heteroatoms. The van der Waals surface area contributed by atoms with Crippen molar-refractivity contribution < 1.29 is 28.6 Å². The first-order chi connectivity index (χ1) is 19.7. The molecule has 222 valence electrons. The highest BCUT2D eigenvalue weighted by molar-refractivity contribution is 6.33. The van der Waals surface area contributed by atoms with E-state index < -0.39 is 6.10 Å². The standard InChI is InChI=1S/C29H38ClN5O6/c1-6-39-29(37)35-11-12-38-15-20(35)7-10-25-17(2)27(26-18(3)34-41-19(26)4)33-28(32-25)23-13-22(8-9-24(23)30)40-16-21(36)14-31-5/h8-9,13,20-21,31,36H,6-7,10-12,14-16H2,1-5H3/t20-,21+/m1/s1. The minimum absolute atomic E-state index is 0.118. The third kappa shape index (κ3) is 7.34. The number of likely N-dealkylation sites (N-methyl/N-ethyl adjacent to an activating group) is 1. The van der Waals surface area contributed by atoms with Crippen LogP contribution >= 0.6 is 11.6 Å². The number of amides is 1. The normalized spacial score (nSPS) is 16.1. The molecule has 1 fully saturated rings. The molecular formula is C29H38ClN5O6. The Kier molecular flexibility index (Phi) is 10.5. The van der Waals surface area contributed by atoms with E-state index in [1.807, 2.05) is 20.8 Å². The van der Waals surface area contributed by atoms with Crippen molar-refractivity contribution in [1.82, 2.24) is 25.3 Å². The van der Waals surface area contributed by atoms with Crippen molar-refractivity contribution in [3.05, 3.63) is 45.9 Å². The molecule has 2 atom stereocenters. The van der Waals surface area contributed by atoms with Crippen LogP contribution in [-0.2, 0) is 15.9 Å². The first-order valence-electron chi connectivity index (χ1n) is 13.8. The first-order valence-corrected chi connectivity index (χ1v) is 14.2. The van der Waals surface area contributed by atoms with Gasteiger partial charge in [0.25, 0.3) is 0 Å². The van der Waals surface area contributed by atoms with E-state index in [-0.39, 0.29) is 18.7 Å². The summed E-state index contributed by atoms with van der Waals surface area (Å²) >= 11 is 6.66. The fourth-order valence-corrected chi connectivity index (χ4v) is 5.09. The number of aryl methyl sites for hydroxylation is 3. The average molecular weight is 588 g/mol. The molecule has 2 aromatic heterocycles. The minimum atomic E-state index is -0.662. The Morgan fingerprint density at radius 2 is 2.10 bits per heavy atom. The van der Waals surface area contributed by atoms with E-state index in [0.717, 1.165) is 22.5 Å². The predicted molar refractivity (Wildman–Crippen MR) is 154 cm³/mol. The maximum atomic E-state index is 12.6. The summed E-state index contributed by atoms with van der Waals surface area (Å²) in [6.07, 6.45) is 0.189. The Bertz CT molecular complexity index is 1330. The van der Waals surface area contributed by atoms with E-state index in [9.17, 15) is 9.90 Å². The van der Waals surface area contributed by atoms with Gasteiger partial charge >= 0.3 is 6.09 Å². The highest BCUT2D eigenvalue weighted by atomic mass is 35.5. The maximum Gasteiger partial charge on any atom is 0.410 e. The summed E-state index contributed by atoms with van der Waals surface area (Å²) in [6, 6.07) is 5.10. The van der Waals surface area contributed by atoms with Crippen molar-refractivity contribution >= 4 is 17.7 Å². The van der Waals surface area contributed by atoms with Crippen molar-refractivity contribution in [2.24, 2.45) is 0 Å². The fraction of sp³-hybridized carbons (Fsp3) is 0.517. The second-order valence-electron chi connectivity index (χ2n) is 9.99. The van der Waals surface area contributed by atoms with Crippen LogP contribution in [0.1, 0.15) is 36.1 Å². The molecule has 1 aromatic carbocycles. The molecule has 2 N–H and O–H groups in total. The van der Waals surface area contributed by atoms with Crippen molar-refractivity contribution in [2.75, 3.05) is 46.6 Å². The Balaban J connectivity index is 1.70. The predicted octanol–water partition coefficient (Wildman–Crippen LogP) is 4.13. The van der Waals surface area contributed by atoms with Crippen LogP contribution in [0.15, 0.2) is 22.7 Å². The number of aromatic nitrogens is 3. The Morgan fingerprint density at radius 1 is 1.29 bits per heavy atom. The number of benzene rings is 1. The zero-order chi connectivity index (χ0) is 29.5. The molecule has 0 spiro atoms. The van der Waals surface area contributed by atoms with Gasteiger partial charge in [-0.05, 0) is 71.3 Å². The second-order valence-corrected chi connectivity index (χ2v) is 10.4. The summed E-state index contributed by atoms with van der Waals surface area (Å²) in [5.41, 5.74) is 4.52. The van der Waals surface area contributed by atoms with Gasteiger partial charge in [-0.2, -0.15) is 0 Å². The summed E-state index contributed by atoms with van der Waals surface area (Å²) < 4.78 is 22.3. The number of morpholine rings is 1. The van der Waals surface area contributed by atoms with Crippen molar-refractivity contribution in [3.63, 3.8) is 0 Å². The van der Waals surface area contributed by atoms with Crippen molar-refractivity contribution in [2.45, 2.75) is 52.7 Å². The zero-order valence-electron chi connectivity index (χ0n) is 24.2. The van der Waals surface area contributed by atoms with Crippen LogP contribution in [-0.4, -0.2) is 89.9 Å². The highest BCUT2D eigenvalue weighted by Crippen LogP contribution is 2.35. The number of halogens is 1. The van der Waals surface area contributed by atoms with Crippen LogP contribution in [0.3, 0.4) is 0 Å². The molecule has 0 saturated carbocycles. The number of carbonyl (C=O) groups is 1. The molecule has 41 heavy (non-hydrogen) atoms. The van der Waals surface area contributed by atoms with Crippen LogP contribution in [0.25, 0.3) is 22.6 Å². The van der Waals surface area contributed by atoms with Crippen molar-refractivity contribution in [3.8, 4) is 28.4 Å². The number of ether oxygens (including phenoxy) is 3. The molecule has 0 aliphatic carbocycles. The number of carbonyl (C=O) groups excluding carboxylic acids is 1. The fourth-order valence-electron chi connectivity index (χ4n) is 4.89. The number of nitrogens with zero attached hydrogens (tertiary/aromatic N) is 4. The number of hydrogen-bond acceptors (Lipinski definition) is 10. The van der Waals surface area contributed by atoms with Gasteiger partial charge in [-0.1, -0.05) is 16.8 Å². The van der Waals surface area contributed by atoms with Gasteiger partial charge in [0.05, 0.1) is 47.8 Å². The lowest BCUT2D eigenvalue weighted by molar-refractivity contribution is -0.0103. The zero-order valence-corrected chi connectivity index (χ0v) is 25.0. The van der Waals surface area contributed by atoms with Crippen LogP contribution in [0.2, 0.25) is 5.02 Å². The van der Waals surface area contributed by atoms with Crippen LogP contribution in [0.4, 0.5) is 4.79 Å². The molecule has 1 saturated heterocycles. The molecule has 1 aliphatic rings. The van der Waals surface area contributed by atoms with Crippen LogP contribution in [0, 0.1) is 20.8 Å². The molecule has 0 radical (unpaired) electrons. The summed E-state index contributed by atoms with van der Waals surface area (Å²) in [7, 11) is 1.77. The highest BCUT2D eigenvalue weighted by Gasteiger charge is 2.29. The van der Waals surface area contributed by atoms with E-state index in [0.29, 0.717) is 79.4 Å². The van der Waals surface area contributed by atoms with E-state index >= 15 is 0 Å². The summed E-state index contributed by atoms with van der Waals surface area (Å²) in [6.45, 7) is 9.73. The molecule has 3 heterocycles. The Morgan fingerprint density at radius 3 is 2.80 bits per heavy atom. The van der Waals surface area contributed by atoms with Gasteiger partial charge in [-0.25, -0.2) is 14.8 Å². The minimum Gasteiger partial charge on any atom is -0.491 e. The van der Waals surface area contributed by atoms with Crippen LogP contribution in [0.5, 0.6) is 5.75 Å². The summed E-state index contributed by atoms with van der Waals surface area (Å²) in [5.74, 6) is 1.61. The van der Waals surface area contributed by atoms with Gasteiger partial charge in [0.2, 0.25) is 0 Å². The number of hydrogen-bond donors (Lipinski definition) is 2. The van der Waals surface area contributed by atoms with E-state index in [4.69, 9.17) is 40.3 Å². The molecule has 0 bridgehead atoms. The van der Waals surface area contributed by atoms with Gasteiger partial charge in [-0.3, -0.25) is 0 Å². The molecule has 0 unspecified atom stereocenters. The average Bonchev–Trinajstić information content (AvgIpc) is 3.29. The smallest absolute Gasteiger partial charge is 0.410 e. The molecule has 1 aliphatic heterocycles. The van der Waals surface area contributed by atoms with E-state index in [2.05, 4.69) is 10.5 Å². The van der Waals surface area contributed by atoms with Crippen LogP contribution < -0.4 is 10.1 Å². The molecular weight excluding hydrogens is 550 g/mol. The molecule has 11 nitrogen and oxygen atoms in total. The Labute approximate surface area is 245 Å². The summed E-state index contributed by atoms with van der Waals surface area (Å²) in [4.78, 5) is 24.2. The Hall–Kier alpha value is -3.25. The topological polar surface area (TPSA) is 132 Å². The SMILES string of the molecule is CCOC(=O)N1CCOC[C@H]1CCc1nc(-c2cc(OC[C@@H](O)CNC)ccc2Cl)nc(-c2c(C)noc2C)c1C. The number of rotatable bonds is 11. The van der Waals surface area contributed by atoms with Gasteiger partial charge < -0.3 is 34.1 Å². The second kappa shape index (κ2) is 14.1. The third-order valence-electron chi connectivity index (χ3n) is 7.02. The lowest BCUT2D eigenvalue weighted by atomic mass is 9.99. The molecule has 4 rings (SSSR count). The van der Waals surface area contributed by atoms with Gasteiger partial charge in [0, 0.05) is 24.3 Å². The third-order valence-corrected chi connectivity index (χ3v) is 7.35. The monoisotopic (exact) mass is 587 g/mol. The van der Waals surface area contributed by atoms with E-state index in [1.165, 1.54) is 0 Å². The first kappa shape index (κ1) is 30.7. The lowest BCUT2D eigenvalue weighted by Crippen LogP contribution is -2.49. The van der Waals surface area contributed by atoms with Gasteiger partial charge in [0.1, 0.15) is 24.2 Å². The van der Waals surface area contributed by atoms with Gasteiger partial charge in [-0.15, -0.1) is 0 Å².